The first-order valence-electron chi connectivity index (χ1n) is 8.25. The highest BCUT2D eigenvalue weighted by atomic mass is 32.1. The molecule has 2 aromatic heterocycles. The Morgan fingerprint density at radius 3 is 2.26 bits per heavy atom. The quantitative estimate of drug-likeness (QED) is 0.835. The molecule has 0 radical (unpaired) electrons. The second-order valence-corrected chi connectivity index (χ2v) is 8.35. The molecule has 0 amide bonds. The molecule has 23 heavy (non-hydrogen) atoms. The van der Waals surface area contributed by atoms with Crippen LogP contribution < -0.4 is 9.80 Å². The first-order valence-corrected chi connectivity index (χ1v) is 9.13. The summed E-state index contributed by atoms with van der Waals surface area (Å²) < 4.78 is 0. The van der Waals surface area contributed by atoms with Crippen LogP contribution in [0.3, 0.4) is 0 Å². The van der Waals surface area contributed by atoms with Crippen molar-refractivity contribution in [2.45, 2.75) is 52.1 Å². The van der Waals surface area contributed by atoms with Gasteiger partial charge in [0.05, 0.1) is 0 Å². The fraction of sp³-hybridized carbons (Fsp3) is 0.556. The number of thiazole rings is 1. The highest BCUT2D eigenvalue weighted by Gasteiger charge is 2.31. The lowest BCUT2D eigenvalue weighted by Crippen LogP contribution is -2.57. The lowest BCUT2D eigenvalue weighted by molar-refractivity contribution is 0.471. The molecule has 5 heteroatoms. The van der Waals surface area contributed by atoms with Gasteiger partial charge >= 0.3 is 0 Å². The Morgan fingerprint density at radius 2 is 1.78 bits per heavy atom. The monoisotopic (exact) mass is 330 g/mol. The van der Waals surface area contributed by atoms with Crippen molar-refractivity contribution < 1.29 is 0 Å². The standard InChI is InChI=1S/C18H26N4S/c1-13-11-21(12-14(2)22(13)17-19-8-9-23-17)16-7-6-15(10-20-16)18(3,4)5/h6-10,13-14H,11-12H2,1-5H3. The van der Waals surface area contributed by atoms with E-state index in [4.69, 9.17) is 4.98 Å². The predicted molar refractivity (Wildman–Crippen MR) is 98.7 cm³/mol. The van der Waals surface area contributed by atoms with E-state index in [0.29, 0.717) is 12.1 Å². The van der Waals surface area contributed by atoms with Gasteiger partial charge in [0.2, 0.25) is 0 Å². The molecule has 3 heterocycles. The third-order valence-electron chi connectivity index (χ3n) is 4.50. The Hall–Kier alpha value is -1.62. The lowest BCUT2D eigenvalue weighted by atomic mass is 9.88. The number of anilines is 2. The van der Waals surface area contributed by atoms with Crippen LogP contribution in [0.25, 0.3) is 0 Å². The topological polar surface area (TPSA) is 32.3 Å². The molecule has 2 unspecified atom stereocenters. The van der Waals surface area contributed by atoms with Gasteiger partial charge in [-0.05, 0) is 30.9 Å². The van der Waals surface area contributed by atoms with Crippen molar-refractivity contribution in [1.29, 1.82) is 0 Å². The van der Waals surface area contributed by atoms with Gasteiger partial charge in [0.25, 0.3) is 0 Å². The highest BCUT2D eigenvalue weighted by molar-refractivity contribution is 7.13. The van der Waals surface area contributed by atoms with Gasteiger partial charge in [-0.25, -0.2) is 9.97 Å². The van der Waals surface area contributed by atoms with Gasteiger partial charge in [0.15, 0.2) is 5.13 Å². The minimum absolute atomic E-state index is 0.148. The smallest absolute Gasteiger partial charge is 0.185 e. The summed E-state index contributed by atoms with van der Waals surface area (Å²) in [5.74, 6) is 1.08. The molecule has 0 saturated carbocycles. The maximum atomic E-state index is 4.72. The van der Waals surface area contributed by atoms with E-state index >= 15 is 0 Å². The molecule has 3 rings (SSSR count). The normalized spacial score (nSPS) is 22.5. The zero-order valence-corrected chi connectivity index (χ0v) is 15.5. The maximum Gasteiger partial charge on any atom is 0.185 e. The van der Waals surface area contributed by atoms with E-state index in [2.05, 4.69) is 61.5 Å². The Balaban J connectivity index is 1.76. The molecule has 1 fully saturated rings. The Labute approximate surface area is 143 Å². The van der Waals surface area contributed by atoms with Crippen LogP contribution in [-0.4, -0.2) is 35.1 Å². The fourth-order valence-electron chi connectivity index (χ4n) is 3.25. The molecule has 1 saturated heterocycles. The largest absolute Gasteiger partial charge is 0.353 e. The predicted octanol–water partition coefficient (Wildman–Crippen LogP) is 3.94. The van der Waals surface area contributed by atoms with E-state index in [9.17, 15) is 0 Å². The SMILES string of the molecule is CC1CN(c2ccc(C(C)(C)C)cn2)CC(C)N1c1nccs1. The van der Waals surface area contributed by atoms with Crippen molar-refractivity contribution in [3.8, 4) is 0 Å². The van der Waals surface area contributed by atoms with E-state index in [0.717, 1.165) is 24.0 Å². The van der Waals surface area contributed by atoms with E-state index in [1.54, 1.807) is 11.3 Å². The highest BCUT2D eigenvalue weighted by Crippen LogP contribution is 2.29. The van der Waals surface area contributed by atoms with E-state index in [1.165, 1.54) is 5.56 Å². The molecule has 2 aromatic rings. The van der Waals surface area contributed by atoms with Crippen LogP contribution in [-0.2, 0) is 5.41 Å². The molecule has 1 aliphatic rings. The zero-order valence-electron chi connectivity index (χ0n) is 14.7. The summed E-state index contributed by atoms with van der Waals surface area (Å²) in [4.78, 5) is 14.0. The summed E-state index contributed by atoms with van der Waals surface area (Å²) in [6.07, 6.45) is 3.91. The second-order valence-electron chi connectivity index (χ2n) is 7.48. The van der Waals surface area contributed by atoms with Gasteiger partial charge in [-0.1, -0.05) is 26.8 Å². The molecular weight excluding hydrogens is 304 g/mol. The molecule has 0 aromatic carbocycles. The van der Waals surface area contributed by atoms with Crippen molar-refractivity contribution >= 4 is 22.3 Å². The lowest BCUT2D eigenvalue weighted by Gasteiger charge is -2.45. The summed E-state index contributed by atoms with van der Waals surface area (Å²) in [5.41, 5.74) is 1.43. The van der Waals surface area contributed by atoms with Crippen LogP contribution in [0.1, 0.15) is 40.2 Å². The number of aromatic nitrogens is 2. The number of hydrogen-bond donors (Lipinski definition) is 0. The minimum atomic E-state index is 0.148. The zero-order chi connectivity index (χ0) is 16.6. The summed E-state index contributed by atoms with van der Waals surface area (Å²) in [6.45, 7) is 13.2. The number of rotatable bonds is 2. The van der Waals surface area contributed by atoms with Gasteiger partial charge in [-0.15, -0.1) is 11.3 Å². The number of pyridine rings is 1. The molecule has 2 atom stereocenters. The molecule has 1 aliphatic heterocycles. The van der Waals surface area contributed by atoms with Gasteiger partial charge in [-0.3, -0.25) is 0 Å². The van der Waals surface area contributed by atoms with Crippen LogP contribution >= 0.6 is 11.3 Å². The first kappa shape index (κ1) is 16.2. The van der Waals surface area contributed by atoms with Gasteiger partial charge in [0, 0.05) is 42.9 Å². The first-order chi connectivity index (χ1) is 10.9. The summed E-state index contributed by atoms with van der Waals surface area (Å²) in [7, 11) is 0. The van der Waals surface area contributed by atoms with Crippen molar-refractivity contribution in [3.63, 3.8) is 0 Å². The van der Waals surface area contributed by atoms with E-state index < -0.39 is 0 Å². The number of piperazine rings is 1. The summed E-state index contributed by atoms with van der Waals surface area (Å²) >= 11 is 1.72. The third-order valence-corrected chi connectivity index (χ3v) is 5.28. The van der Waals surface area contributed by atoms with Crippen LogP contribution in [0.4, 0.5) is 10.9 Å². The number of nitrogens with zero attached hydrogens (tertiary/aromatic N) is 4. The molecule has 0 spiro atoms. The van der Waals surface area contributed by atoms with Gasteiger partial charge in [0.1, 0.15) is 5.82 Å². The summed E-state index contributed by atoms with van der Waals surface area (Å²) in [5, 5.41) is 3.18. The van der Waals surface area contributed by atoms with Crippen molar-refractivity contribution in [2.24, 2.45) is 0 Å². The van der Waals surface area contributed by atoms with Gasteiger partial charge < -0.3 is 9.80 Å². The Bertz CT molecular complexity index is 618. The molecular formula is C18H26N4S. The fourth-order valence-corrected chi connectivity index (χ4v) is 4.09. The van der Waals surface area contributed by atoms with Gasteiger partial charge in [-0.2, -0.15) is 0 Å². The molecule has 0 N–H and O–H groups in total. The van der Waals surface area contributed by atoms with E-state index in [-0.39, 0.29) is 5.41 Å². The summed E-state index contributed by atoms with van der Waals surface area (Å²) in [6, 6.07) is 5.23. The molecule has 0 aliphatic carbocycles. The van der Waals surface area contributed by atoms with Crippen molar-refractivity contribution in [2.75, 3.05) is 22.9 Å². The Morgan fingerprint density at radius 1 is 1.09 bits per heavy atom. The average molecular weight is 331 g/mol. The maximum absolute atomic E-state index is 4.72. The molecule has 4 nitrogen and oxygen atoms in total. The second kappa shape index (κ2) is 6.11. The average Bonchev–Trinajstić information content (AvgIpc) is 2.99. The molecule has 124 valence electrons. The number of hydrogen-bond acceptors (Lipinski definition) is 5. The minimum Gasteiger partial charge on any atom is -0.353 e. The molecule has 0 bridgehead atoms. The Kier molecular flexibility index (Phi) is 4.32. The van der Waals surface area contributed by atoms with E-state index in [1.807, 2.05) is 17.8 Å². The van der Waals surface area contributed by atoms with Crippen molar-refractivity contribution in [1.82, 2.24) is 9.97 Å². The van der Waals surface area contributed by atoms with Crippen LogP contribution in [0.2, 0.25) is 0 Å². The van der Waals surface area contributed by atoms with Crippen LogP contribution in [0.15, 0.2) is 29.9 Å². The third kappa shape index (κ3) is 3.34. The van der Waals surface area contributed by atoms with Crippen LogP contribution in [0, 0.1) is 0 Å². The van der Waals surface area contributed by atoms with Crippen LogP contribution in [0.5, 0.6) is 0 Å². The van der Waals surface area contributed by atoms with Crippen molar-refractivity contribution in [3.05, 3.63) is 35.5 Å².